The number of nitrogens with zero attached hydrogens (tertiary/aromatic N) is 2. The Labute approximate surface area is 103 Å². The molecule has 0 atom stereocenters. The van der Waals surface area contributed by atoms with Gasteiger partial charge in [0.1, 0.15) is 12.5 Å². The fourth-order valence-electron chi connectivity index (χ4n) is 1.80. The quantitative estimate of drug-likeness (QED) is 0.662. The molecule has 0 aliphatic rings. The minimum atomic E-state index is 0.369. The fourth-order valence-corrected chi connectivity index (χ4v) is 1.80. The van der Waals surface area contributed by atoms with Crippen molar-refractivity contribution in [2.24, 2.45) is 0 Å². The minimum absolute atomic E-state index is 0.369. The maximum absolute atomic E-state index is 10.7. The Kier molecular flexibility index (Phi) is 2.37. The van der Waals surface area contributed by atoms with Gasteiger partial charge >= 0.3 is 5.95 Å². The van der Waals surface area contributed by atoms with Crippen molar-refractivity contribution in [3.8, 4) is 17.4 Å². The molecule has 0 saturated heterocycles. The third kappa shape index (κ3) is 1.66. The van der Waals surface area contributed by atoms with Gasteiger partial charge in [-0.2, -0.15) is 0 Å². The van der Waals surface area contributed by atoms with Gasteiger partial charge in [-0.05, 0) is 18.2 Å². The highest BCUT2D eigenvalue weighted by Gasteiger charge is 2.09. The normalized spacial score (nSPS) is 10.7. The summed E-state index contributed by atoms with van der Waals surface area (Å²) in [5.74, 6) is 0.858. The van der Waals surface area contributed by atoms with Gasteiger partial charge in [0.25, 0.3) is 0 Å². The summed E-state index contributed by atoms with van der Waals surface area (Å²) in [6, 6.07) is 5.45. The number of pyridine rings is 1. The third-order valence-electron chi connectivity index (χ3n) is 2.69. The molecule has 0 saturated carbocycles. The summed E-state index contributed by atoms with van der Waals surface area (Å²) < 4.78 is 12.2. The molecular formula is C13H10N2O3. The number of carbonyl (C=O) groups excluding carboxylic acids is 1. The molecular weight excluding hydrogens is 232 g/mol. The second-order valence-corrected chi connectivity index (χ2v) is 3.83. The van der Waals surface area contributed by atoms with Crippen molar-refractivity contribution in [3.63, 3.8) is 0 Å². The van der Waals surface area contributed by atoms with E-state index in [4.69, 9.17) is 9.15 Å². The highest BCUT2D eigenvalue weighted by Crippen LogP contribution is 2.25. The molecule has 90 valence electrons. The lowest BCUT2D eigenvalue weighted by Gasteiger charge is -1.93. The van der Waals surface area contributed by atoms with Gasteiger partial charge in [0.15, 0.2) is 0 Å². The molecule has 0 bridgehead atoms. The molecule has 3 heterocycles. The molecule has 0 aliphatic heterocycles. The van der Waals surface area contributed by atoms with Gasteiger partial charge in [-0.25, -0.2) is 4.98 Å². The lowest BCUT2D eigenvalue weighted by Crippen LogP contribution is -1.84. The number of oxazole rings is 1. The summed E-state index contributed by atoms with van der Waals surface area (Å²) in [6.07, 6.45) is 6.05. The largest absolute Gasteiger partial charge is 0.467 e. The first-order chi connectivity index (χ1) is 8.80. The van der Waals surface area contributed by atoms with E-state index in [1.165, 1.54) is 13.3 Å². The van der Waals surface area contributed by atoms with Crippen LogP contribution >= 0.6 is 0 Å². The maximum atomic E-state index is 10.7. The number of rotatable bonds is 3. The SMILES string of the molecule is COc1cnc(-c2cc3cc(C=O)ccn3c2)o1. The van der Waals surface area contributed by atoms with Crippen LogP contribution in [0, 0.1) is 0 Å². The molecule has 0 spiro atoms. The topological polar surface area (TPSA) is 56.7 Å². The second-order valence-electron chi connectivity index (χ2n) is 3.83. The number of hydrogen-bond acceptors (Lipinski definition) is 4. The predicted molar refractivity (Wildman–Crippen MR) is 64.8 cm³/mol. The molecule has 18 heavy (non-hydrogen) atoms. The Morgan fingerprint density at radius 1 is 1.44 bits per heavy atom. The number of ether oxygens (including phenoxy) is 1. The summed E-state index contributed by atoms with van der Waals surface area (Å²) in [4.78, 5) is 14.8. The van der Waals surface area contributed by atoms with Crippen LogP contribution in [0.3, 0.4) is 0 Å². The van der Waals surface area contributed by atoms with E-state index in [9.17, 15) is 4.79 Å². The zero-order valence-corrected chi connectivity index (χ0v) is 9.66. The number of carbonyl (C=O) groups is 1. The number of fused-ring (bicyclic) bond motifs is 1. The Hall–Kier alpha value is -2.56. The molecule has 0 radical (unpaired) electrons. The molecule has 0 aromatic carbocycles. The first kappa shape index (κ1) is 10.6. The van der Waals surface area contributed by atoms with Gasteiger partial charge in [0, 0.05) is 23.5 Å². The van der Waals surface area contributed by atoms with Crippen molar-refractivity contribution in [2.75, 3.05) is 7.11 Å². The monoisotopic (exact) mass is 242 g/mol. The number of aldehydes is 1. The molecule has 0 fully saturated rings. The van der Waals surface area contributed by atoms with Crippen LogP contribution in [-0.4, -0.2) is 22.8 Å². The van der Waals surface area contributed by atoms with Crippen LogP contribution in [0.15, 0.2) is 41.2 Å². The highest BCUT2D eigenvalue weighted by atomic mass is 16.6. The van der Waals surface area contributed by atoms with E-state index in [-0.39, 0.29) is 0 Å². The first-order valence-corrected chi connectivity index (χ1v) is 5.37. The molecule has 0 N–H and O–H groups in total. The standard InChI is InChI=1S/C13H10N2O3/c1-17-12-6-14-13(18-12)10-5-11-4-9(8-16)2-3-15(11)7-10/h2-8H,1H3. The molecule has 0 amide bonds. The number of hydrogen-bond donors (Lipinski definition) is 0. The second kappa shape index (κ2) is 4.03. The van der Waals surface area contributed by atoms with Crippen LogP contribution in [0.5, 0.6) is 5.95 Å². The summed E-state index contributed by atoms with van der Waals surface area (Å²) in [6.45, 7) is 0. The van der Waals surface area contributed by atoms with E-state index >= 15 is 0 Å². The van der Waals surface area contributed by atoms with Crippen molar-refractivity contribution in [3.05, 3.63) is 42.4 Å². The molecule has 0 unspecified atom stereocenters. The molecule has 3 aromatic rings. The molecule has 3 rings (SSSR count). The van der Waals surface area contributed by atoms with Crippen molar-refractivity contribution in [2.45, 2.75) is 0 Å². The van der Waals surface area contributed by atoms with E-state index in [2.05, 4.69) is 4.98 Å². The van der Waals surface area contributed by atoms with Gasteiger partial charge < -0.3 is 13.6 Å². The van der Waals surface area contributed by atoms with Gasteiger partial charge in [0.05, 0.1) is 12.7 Å². The summed E-state index contributed by atoms with van der Waals surface area (Å²) >= 11 is 0. The third-order valence-corrected chi connectivity index (χ3v) is 2.69. The average molecular weight is 242 g/mol. The van der Waals surface area contributed by atoms with Crippen molar-refractivity contribution >= 4 is 11.8 Å². The van der Waals surface area contributed by atoms with Crippen LogP contribution < -0.4 is 4.74 Å². The van der Waals surface area contributed by atoms with E-state index in [1.807, 2.05) is 22.9 Å². The zero-order valence-electron chi connectivity index (χ0n) is 9.66. The average Bonchev–Trinajstić information content (AvgIpc) is 3.03. The fraction of sp³-hybridized carbons (Fsp3) is 0.0769. The van der Waals surface area contributed by atoms with E-state index < -0.39 is 0 Å². The lowest BCUT2D eigenvalue weighted by molar-refractivity contribution is 0.112. The van der Waals surface area contributed by atoms with Crippen LogP contribution in [0.4, 0.5) is 0 Å². The number of aromatic nitrogens is 2. The van der Waals surface area contributed by atoms with Crippen LogP contribution in [0.2, 0.25) is 0 Å². The van der Waals surface area contributed by atoms with Crippen LogP contribution in [0.25, 0.3) is 17.0 Å². The van der Waals surface area contributed by atoms with Gasteiger partial charge in [0.2, 0.25) is 5.89 Å². The predicted octanol–water partition coefficient (Wildman–Crippen LogP) is 2.42. The molecule has 5 heteroatoms. The zero-order chi connectivity index (χ0) is 12.5. The smallest absolute Gasteiger partial charge is 0.305 e. The lowest BCUT2D eigenvalue weighted by atomic mass is 10.2. The van der Waals surface area contributed by atoms with Crippen LogP contribution in [0.1, 0.15) is 10.4 Å². The molecule has 3 aromatic heterocycles. The van der Waals surface area contributed by atoms with Crippen molar-refractivity contribution < 1.29 is 13.9 Å². The van der Waals surface area contributed by atoms with Crippen molar-refractivity contribution in [1.29, 1.82) is 0 Å². The first-order valence-electron chi connectivity index (χ1n) is 5.37. The minimum Gasteiger partial charge on any atom is -0.467 e. The van der Waals surface area contributed by atoms with Gasteiger partial charge in [-0.3, -0.25) is 4.79 Å². The van der Waals surface area contributed by atoms with E-state index in [0.717, 1.165) is 17.4 Å². The van der Waals surface area contributed by atoms with Crippen molar-refractivity contribution in [1.82, 2.24) is 9.38 Å². The van der Waals surface area contributed by atoms with E-state index in [0.29, 0.717) is 17.4 Å². The Bertz CT molecular complexity index is 712. The van der Waals surface area contributed by atoms with Gasteiger partial charge in [-0.1, -0.05) is 0 Å². The van der Waals surface area contributed by atoms with Gasteiger partial charge in [-0.15, -0.1) is 0 Å². The summed E-state index contributed by atoms with van der Waals surface area (Å²) in [5, 5.41) is 0. The summed E-state index contributed by atoms with van der Waals surface area (Å²) in [7, 11) is 1.52. The highest BCUT2D eigenvalue weighted by molar-refractivity contribution is 5.78. The number of methoxy groups -OCH3 is 1. The summed E-state index contributed by atoms with van der Waals surface area (Å²) in [5.41, 5.74) is 2.38. The Morgan fingerprint density at radius 2 is 2.33 bits per heavy atom. The molecule has 5 nitrogen and oxygen atoms in total. The Balaban J connectivity index is 2.09. The van der Waals surface area contributed by atoms with Crippen LogP contribution in [-0.2, 0) is 0 Å². The maximum Gasteiger partial charge on any atom is 0.305 e. The Morgan fingerprint density at radius 3 is 3.06 bits per heavy atom. The molecule has 0 aliphatic carbocycles. The van der Waals surface area contributed by atoms with E-state index in [1.54, 1.807) is 12.1 Å².